The number of esters is 1. The Balaban J connectivity index is 1.57. The highest BCUT2D eigenvalue weighted by molar-refractivity contribution is 6.31. The molecule has 4 rings (SSSR count). The topological polar surface area (TPSA) is 84.9 Å². The van der Waals surface area contributed by atoms with Gasteiger partial charge in [0.1, 0.15) is 12.2 Å². The number of carbonyl (C=O) groups excluding carboxylic acids is 2. The number of cyclic esters (lactones) is 1. The number of aliphatic hydroxyl groups is 1. The molecule has 1 aliphatic carbocycles. The van der Waals surface area contributed by atoms with Gasteiger partial charge >= 0.3 is 12.1 Å². The maximum absolute atomic E-state index is 12.8. The number of aliphatic hydroxyl groups excluding tert-OH is 1. The van der Waals surface area contributed by atoms with E-state index in [1.807, 2.05) is 32.0 Å². The number of benzene rings is 2. The fourth-order valence-corrected chi connectivity index (χ4v) is 5.82. The molecule has 3 atom stereocenters. The first-order valence-corrected chi connectivity index (χ1v) is 13.8. The summed E-state index contributed by atoms with van der Waals surface area (Å²) in [6, 6.07) is 11.3. The standard InChI is InChI=1S/C30H35Cl2NO5/c1-17-11-19(5-9-26(17)31)24-15-23(38-29(36)33-20-6-10-27(32)18(2)12-20)16-30(3,4)25(24)8-7-22-13-21(34)14-28(35)37-22/h5-6,9-12,21-23,34H,7-8,13-16H2,1-4H3,(H,33,36)/t21-,22-,23?/m1/s1. The third kappa shape index (κ3) is 6.90. The molecule has 0 spiro atoms. The van der Waals surface area contributed by atoms with Crippen LogP contribution in [0.4, 0.5) is 10.5 Å². The Bertz CT molecular complexity index is 1260. The van der Waals surface area contributed by atoms with Gasteiger partial charge in [-0.25, -0.2) is 4.79 Å². The number of rotatable bonds is 6. The van der Waals surface area contributed by atoms with Crippen LogP contribution >= 0.6 is 23.2 Å². The van der Waals surface area contributed by atoms with E-state index < -0.39 is 12.2 Å². The molecule has 0 saturated carbocycles. The van der Waals surface area contributed by atoms with Gasteiger partial charge in [0.15, 0.2) is 0 Å². The summed E-state index contributed by atoms with van der Waals surface area (Å²) in [7, 11) is 0. The molecule has 38 heavy (non-hydrogen) atoms. The van der Waals surface area contributed by atoms with Gasteiger partial charge in [0.25, 0.3) is 0 Å². The number of amides is 1. The monoisotopic (exact) mass is 559 g/mol. The minimum absolute atomic E-state index is 0.0522. The molecule has 0 bridgehead atoms. The first-order chi connectivity index (χ1) is 17.9. The third-order valence-electron chi connectivity index (χ3n) is 7.49. The number of nitrogens with one attached hydrogen (secondary N) is 1. The number of ether oxygens (including phenoxy) is 2. The molecule has 1 fully saturated rings. The highest BCUT2D eigenvalue weighted by Gasteiger charge is 2.38. The van der Waals surface area contributed by atoms with Crippen molar-refractivity contribution >= 4 is 46.5 Å². The predicted octanol–water partition coefficient (Wildman–Crippen LogP) is 7.65. The average molecular weight is 561 g/mol. The maximum Gasteiger partial charge on any atom is 0.411 e. The van der Waals surface area contributed by atoms with E-state index in [4.69, 9.17) is 32.7 Å². The molecule has 2 N–H and O–H groups in total. The minimum Gasteiger partial charge on any atom is -0.462 e. The van der Waals surface area contributed by atoms with Crippen LogP contribution in [-0.2, 0) is 14.3 Å². The summed E-state index contributed by atoms with van der Waals surface area (Å²) in [6.45, 7) is 8.16. The van der Waals surface area contributed by atoms with Crippen LogP contribution in [0.1, 0.15) is 69.1 Å². The molecule has 1 aliphatic heterocycles. The number of anilines is 1. The normalized spacial score (nSPS) is 23.1. The molecule has 1 heterocycles. The summed E-state index contributed by atoms with van der Waals surface area (Å²) in [4.78, 5) is 24.7. The van der Waals surface area contributed by atoms with E-state index in [9.17, 15) is 14.7 Å². The number of carbonyl (C=O) groups is 2. The first-order valence-electron chi connectivity index (χ1n) is 13.0. The Labute approximate surface area is 234 Å². The number of halogens is 2. The lowest BCUT2D eigenvalue weighted by Crippen LogP contribution is -2.35. The fourth-order valence-electron chi connectivity index (χ4n) is 5.59. The highest BCUT2D eigenvalue weighted by atomic mass is 35.5. The lowest BCUT2D eigenvalue weighted by Gasteiger charge is -2.40. The molecule has 2 aromatic rings. The van der Waals surface area contributed by atoms with Crippen molar-refractivity contribution in [3.05, 3.63) is 68.7 Å². The van der Waals surface area contributed by atoms with Gasteiger partial charge in [0, 0.05) is 28.6 Å². The molecule has 0 radical (unpaired) electrons. The SMILES string of the molecule is Cc1cc(NC(=O)OC2CC(c3ccc(Cl)c(C)c3)=C(CC[C@@H]3C[C@@H](O)CC(=O)O3)C(C)(C)C2)ccc1Cl. The van der Waals surface area contributed by atoms with Gasteiger partial charge in [0.05, 0.1) is 12.5 Å². The smallest absolute Gasteiger partial charge is 0.411 e. The summed E-state index contributed by atoms with van der Waals surface area (Å²) in [5, 5.41) is 14.2. The summed E-state index contributed by atoms with van der Waals surface area (Å²) in [5.41, 5.74) is 5.58. The Morgan fingerprint density at radius 2 is 1.79 bits per heavy atom. The van der Waals surface area contributed by atoms with E-state index in [1.165, 1.54) is 5.57 Å². The van der Waals surface area contributed by atoms with Crippen LogP contribution in [0.15, 0.2) is 42.0 Å². The van der Waals surface area contributed by atoms with Crippen LogP contribution < -0.4 is 5.32 Å². The summed E-state index contributed by atoms with van der Waals surface area (Å²) in [5.74, 6) is -0.352. The van der Waals surface area contributed by atoms with Gasteiger partial charge in [-0.1, -0.05) is 54.8 Å². The molecule has 2 aliphatic rings. The maximum atomic E-state index is 12.8. The number of aryl methyl sites for hydroxylation is 2. The van der Waals surface area contributed by atoms with Crippen LogP contribution in [0.5, 0.6) is 0 Å². The second-order valence-corrected chi connectivity index (χ2v) is 11.9. The van der Waals surface area contributed by atoms with Crippen LogP contribution in [0, 0.1) is 19.3 Å². The quantitative estimate of drug-likeness (QED) is 0.355. The second-order valence-electron chi connectivity index (χ2n) is 11.1. The molecule has 2 aromatic carbocycles. The first kappa shape index (κ1) is 28.5. The van der Waals surface area contributed by atoms with Crippen molar-refractivity contribution in [3.8, 4) is 0 Å². The summed E-state index contributed by atoms with van der Waals surface area (Å²) in [6.07, 6.45) is 1.23. The lowest BCUT2D eigenvalue weighted by atomic mass is 9.68. The lowest BCUT2D eigenvalue weighted by molar-refractivity contribution is -0.160. The highest BCUT2D eigenvalue weighted by Crippen LogP contribution is 2.47. The zero-order valence-electron chi connectivity index (χ0n) is 22.3. The van der Waals surface area contributed by atoms with Crippen LogP contribution in [0.25, 0.3) is 5.57 Å². The molecular weight excluding hydrogens is 525 g/mol. The Kier molecular flexibility index (Phi) is 8.75. The van der Waals surface area contributed by atoms with Crippen molar-refractivity contribution in [2.24, 2.45) is 5.41 Å². The minimum atomic E-state index is -0.659. The van der Waals surface area contributed by atoms with Gasteiger partial charge in [0.2, 0.25) is 0 Å². The van der Waals surface area contributed by atoms with Gasteiger partial charge in [-0.05, 0) is 85.1 Å². The van der Waals surface area contributed by atoms with Gasteiger partial charge in [-0.3, -0.25) is 10.1 Å². The van der Waals surface area contributed by atoms with E-state index >= 15 is 0 Å². The third-order valence-corrected chi connectivity index (χ3v) is 8.34. The van der Waals surface area contributed by atoms with Crippen LogP contribution in [-0.4, -0.2) is 35.5 Å². The Morgan fingerprint density at radius 1 is 1.11 bits per heavy atom. The summed E-state index contributed by atoms with van der Waals surface area (Å²) < 4.78 is 11.4. The molecule has 204 valence electrons. The van der Waals surface area contributed by atoms with E-state index in [0.29, 0.717) is 47.8 Å². The predicted molar refractivity (Wildman–Crippen MR) is 151 cm³/mol. The largest absolute Gasteiger partial charge is 0.462 e. The molecule has 8 heteroatoms. The molecule has 1 amide bonds. The molecule has 1 saturated heterocycles. The summed E-state index contributed by atoms with van der Waals surface area (Å²) >= 11 is 12.4. The fraction of sp³-hybridized carbons (Fsp3) is 0.467. The average Bonchev–Trinajstić information content (AvgIpc) is 2.81. The van der Waals surface area contributed by atoms with E-state index in [2.05, 4.69) is 25.2 Å². The molecule has 0 aromatic heterocycles. The van der Waals surface area contributed by atoms with Gasteiger partial charge in [-0.2, -0.15) is 0 Å². The van der Waals surface area contributed by atoms with Crippen molar-refractivity contribution in [2.75, 3.05) is 5.32 Å². The zero-order chi connectivity index (χ0) is 27.6. The number of allylic oxidation sites excluding steroid dienone is 1. The number of hydrogen-bond donors (Lipinski definition) is 2. The molecule has 6 nitrogen and oxygen atoms in total. The van der Waals surface area contributed by atoms with Crippen LogP contribution in [0.2, 0.25) is 10.0 Å². The Hall–Kier alpha value is -2.54. The van der Waals surface area contributed by atoms with Crippen molar-refractivity contribution in [1.29, 1.82) is 0 Å². The van der Waals surface area contributed by atoms with Crippen molar-refractivity contribution in [1.82, 2.24) is 0 Å². The molecular formula is C30H35Cl2NO5. The van der Waals surface area contributed by atoms with Gasteiger partial charge < -0.3 is 14.6 Å². The number of hydrogen-bond acceptors (Lipinski definition) is 5. The van der Waals surface area contributed by atoms with Crippen molar-refractivity contribution in [3.63, 3.8) is 0 Å². The van der Waals surface area contributed by atoms with E-state index in [1.54, 1.807) is 12.1 Å². The molecule has 1 unspecified atom stereocenters. The van der Waals surface area contributed by atoms with Gasteiger partial charge in [-0.15, -0.1) is 0 Å². The van der Waals surface area contributed by atoms with E-state index in [0.717, 1.165) is 22.3 Å². The zero-order valence-corrected chi connectivity index (χ0v) is 23.8. The van der Waals surface area contributed by atoms with Crippen LogP contribution in [0.3, 0.4) is 0 Å². The van der Waals surface area contributed by atoms with Crippen molar-refractivity contribution in [2.45, 2.75) is 84.5 Å². The van der Waals surface area contributed by atoms with Crippen molar-refractivity contribution < 1.29 is 24.2 Å². The second kappa shape index (κ2) is 11.7. The van der Waals surface area contributed by atoms with E-state index in [-0.39, 0.29) is 30.0 Å². The Morgan fingerprint density at radius 3 is 2.45 bits per heavy atom.